The van der Waals surface area contributed by atoms with E-state index in [1.165, 1.54) is 0 Å². The van der Waals surface area contributed by atoms with Gasteiger partial charge in [0.1, 0.15) is 0 Å². The van der Waals surface area contributed by atoms with E-state index >= 15 is 0 Å². The molecule has 0 aliphatic rings. The SMILES string of the molecule is NC(c1cnsn1)c1ccccc1Cl. The molecule has 0 saturated carbocycles. The van der Waals surface area contributed by atoms with Crippen LogP contribution in [0.2, 0.25) is 5.02 Å². The fourth-order valence-corrected chi connectivity index (χ4v) is 1.91. The minimum absolute atomic E-state index is 0.289. The molecule has 1 aromatic carbocycles. The fourth-order valence-electron chi connectivity index (χ4n) is 1.20. The van der Waals surface area contributed by atoms with Crippen molar-refractivity contribution in [2.75, 3.05) is 0 Å². The number of rotatable bonds is 2. The summed E-state index contributed by atoms with van der Waals surface area (Å²) in [4.78, 5) is 0. The van der Waals surface area contributed by atoms with Crippen LogP contribution in [0.3, 0.4) is 0 Å². The number of aromatic nitrogens is 2. The summed E-state index contributed by atoms with van der Waals surface area (Å²) in [5, 5.41) is 0.660. The van der Waals surface area contributed by atoms with Crippen LogP contribution < -0.4 is 5.73 Å². The Kier molecular flexibility index (Phi) is 2.77. The van der Waals surface area contributed by atoms with E-state index in [-0.39, 0.29) is 6.04 Å². The van der Waals surface area contributed by atoms with Crippen LogP contribution in [0.4, 0.5) is 0 Å². The van der Waals surface area contributed by atoms with Crippen LogP contribution >= 0.6 is 23.3 Å². The van der Waals surface area contributed by atoms with Gasteiger partial charge in [-0.25, -0.2) is 0 Å². The van der Waals surface area contributed by atoms with Gasteiger partial charge >= 0.3 is 0 Å². The van der Waals surface area contributed by atoms with Crippen LogP contribution in [0.5, 0.6) is 0 Å². The van der Waals surface area contributed by atoms with E-state index < -0.39 is 0 Å². The summed E-state index contributed by atoms with van der Waals surface area (Å²) in [7, 11) is 0. The summed E-state index contributed by atoms with van der Waals surface area (Å²) in [5.41, 5.74) is 7.61. The summed E-state index contributed by atoms with van der Waals surface area (Å²) in [6.45, 7) is 0. The van der Waals surface area contributed by atoms with Gasteiger partial charge in [0, 0.05) is 5.02 Å². The molecule has 0 saturated heterocycles. The smallest absolute Gasteiger partial charge is 0.0956 e. The molecular formula is C9H8ClN3S. The highest BCUT2D eigenvalue weighted by Gasteiger charge is 2.13. The van der Waals surface area contributed by atoms with Crippen molar-refractivity contribution >= 4 is 23.3 Å². The van der Waals surface area contributed by atoms with Crippen molar-refractivity contribution in [1.29, 1.82) is 0 Å². The van der Waals surface area contributed by atoms with E-state index in [0.717, 1.165) is 23.0 Å². The first-order valence-corrected chi connectivity index (χ1v) is 5.17. The van der Waals surface area contributed by atoms with E-state index in [4.69, 9.17) is 17.3 Å². The lowest BCUT2D eigenvalue weighted by molar-refractivity contribution is 0.844. The average Bonchev–Trinajstić information content (AvgIpc) is 2.70. The molecule has 14 heavy (non-hydrogen) atoms. The molecule has 0 bridgehead atoms. The number of halogens is 1. The maximum Gasteiger partial charge on any atom is 0.0956 e. The van der Waals surface area contributed by atoms with Gasteiger partial charge in [-0.2, -0.15) is 8.75 Å². The van der Waals surface area contributed by atoms with Crippen molar-refractivity contribution < 1.29 is 0 Å². The van der Waals surface area contributed by atoms with Crippen molar-refractivity contribution in [2.45, 2.75) is 6.04 Å². The van der Waals surface area contributed by atoms with Gasteiger partial charge in [-0.3, -0.25) is 0 Å². The minimum atomic E-state index is -0.289. The summed E-state index contributed by atoms with van der Waals surface area (Å²) >= 11 is 7.16. The Morgan fingerprint density at radius 2 is 2.14 bits per heavy atom. The predicted octanol–water partition coefficient (Wildman–Crippen LogP) is 2.24. The zero-order valence-corrected chi connectivity index (χ0v) is 8.79. The van der Waals surface area contributed by atoms with Gasteiger partial charge in [0.15, 0.2) is 0 Å². The molecule has 0 spiro atoms. The molecule has 1 aromatic heterocycles. The highest BCUT2D eigenvalue weighted by Crippen LogP contribution is 2.24. The van der Waals surface area contributed by atoms with Gasteiger partial charge in [0.05, 0.1) is 29.7 Å². The first-order valence-electron chi connectivity index (χ1n) is 4.06. The molecule has 0 aliphatic heterocycles. The van der Waals surface area contributed by atoms with E-state index in [1.807, 2.05) is 24.3 Å². The molecule has 2 rings (SSSR count). The van der Waals surface area contributed by atoms with Crippen LogP contribution in [-0.2, 0) is 0 Å². The fraction of sp³-hybridized carbons (Fsp3) is 0.111. The number of hydrogen-bond acceptors (Lipinski definition) is 4. The first-order chi connectivity index (χ1) is 6.79. The second-order valence-corrected chi connectivity index (χ2v) is 3.80. The molecule has 1 heterocycles. The molecule has 2 aromatic rings. The lowest BCUT2D eigenvalue weighted by atomic mass is 10.1. The molecule has 0 fully saturated rings. The Hall–Kier alpha value is -0.970. The lowest BCUT2D eigenvalue weighted by Gasteiger charge is -2.09. The third-order valence-corrected chi connectivity index (χ3v) is 2.77. The minimum Gasteiger partial charge on any atom is -0.319 e. The molecule has 0 radical (unpaired) electrons. The third kappa shape index (κ3) is 1.77. The normalized spacial score (nSPS) is 12.7. The highest BCUT2D eigenvalue weighted by molar-refractivity contribution is 6.99. The van der Waals surface area contributed by atoms with Crippen LogP contribution in [0.25, 0.3) is 0 Å². The van der Waals surface area contributed by atoms with E-state index in [2.05, 4.69) is 8.75 Å². The molecular weight excluding hydrogens is 218 g/mol. The number of nitrogens with two attached hydrogens (primary N) is 1. The van der Waals surface area contributed by atoms with Crippen LogP contribution in [0, 0.1) is 0 Å². The van der Waals surface area contributed by atoms with Crippen molar-refractivity contribution in [3.8, 4) is 0 Å². The van der Waals surface area contributed by atoms with Crippen molar-refractivity contribution in [1.82, 2.24) is 8.75 Å². The highest BCUT2D eigenvalue weighted by atomic mass is 35.5. The van der Waals surface area contributed by atoms with Gasteiger partial charge in [-0.1, -0.05) is 29.8 Å². The average molecular weight is 226 g/mol. The third-order valence-electron chi connectivity index (χ3n) is 1.94. The predicted molar refractivity (Wildman–Crippen MR) is 57.4 cm³/mol. The Labute approximate surface area is 90.9 Å². The van der Waals surface area contributed by atoms with Crippen LogP contribution in [0.15, 0.2) is 30.5 Å². The number of benzene rings is 1. The second kappa shape index (κ2) is 4.04. The molecule has 1 unspecified atom stereocenters. The quantitative estimate of drug-likeness (QED) is 0.853. The Morgan fingerprint density at radius 1 is 1.36 bits per heavy atom. The van der Waals surface area contributed by atoms with Crippen molar-refractivity contribution in [3.05, 3.63) is 46.7 Å². The van der Waals surface area contributed by atoms with E-state index in [0.29, 0.717) is 5.02 Å². The van der Waals surface area contributed by atoms with Crippen molar-refractivity contribution in [2.24, 2.45) is 5.73 Å². The van der Waals surface area contributed by atoms with Gasteiger partial charge in [-0.05, 0) is 11.6 Å². The zero-order valence-electron chi connectivity index (χ0n) is 7.22. The zero-order chi connectivity index (χ0) is 9.97. The first kappa shape index (κ1) is 9.58. The van der Waals surface area contributed by atoms with E-state index in [1.54, 1.807) is 6.20 Å². The summed E-state index contributed by atoms with van der Waals surface area (Å²) < 4.78 is 7.99. The Balaban J connectivity index is 2.37. The molecule has 5 heteroatoms. The van der Waals surface area contributed by atoms with Gasteiger partial charge in [0.25, 0.3) is 0 Å². The number of hydrogen-bond donors (Lipinski definition) is 1. The van der Waals surface area contributed by atoms with Crippen LogP contribution in [-0.4, -0.2) is 8.75 Å². The largest absolute Gasteiger partial charge is 0.319 e. The maximum absolute atomic E-state index is 6.01. The topological polar surface area (TPSA) is 51.8 Å². The summed E-state index contributed by atoms with van der Waals surface area (Å²) in [5.74, 6) is 0. The molecule has 0 aliphatic carbocycles. The van der Waals surface area contributed by atoms with Gasteiger partial charge < -0.3 is 5.73 Å². The molecule has 2 N–H and O–H groups in total. The standard InChI is InChI=1S/C9H8ClN3S/c10-7-4-2-1-3-6(7)9(11)8-5-12-14-13-8/h1-5,9H,11H2. The lowest BCUT2D eigenvalue weighted by Crippen LogP contribution is -2.12. The van der Waals surface area contributed by atoms with E-state index in [9.17, 15) is 0 Å². The maximum atomic E-state index is 6.01. The van der Waals surface area contributed by atoms with Crippen molar-refractivity contribution in [3.63, 3.8) is 0 Å². The second-order valence-electron chi connectivity index (χ2n) is 2.83. The number of nitrogens with zero attached hydrogens (tertiary/aromatic N) is 2. The van der Waals surface area contributed by atoms with Gasteiger partial charge in [0.2, 0.25) is 0 Å². The summed E-state index contributed by atoms with van der Waals surface area (Å²) in [6, 6.07) is 7.20. The Bertz CT molecular complexity index is 416. The molecule has 3 nitrogen and oxygen atoms in total. The monoisotopic (exact) mass is 225 g/mol. The molecule has 72 valence electrons. The molecule has 0 amide bonds. The molecule has 1 atom stereocenters. The van der Waals surface area contributed by atoms with Crippen LogP contribution in [0.1, 0.15) is 17.3 Å². The van der Waals surface area contributed by atoms with Gasteiger partial charge in [-0.15, -0.1) is 0 Å². The summed E-state index contributed by atoms with van der Waals surface area (Å²) in [6.07, 6.45) is 1.67. The Morgan fingerprint density at radius 3 is 2.79 bits per heavy atom.